The zero-order chi connectivity index (χ0) is 27.0. The van der Waals surface area contributed by atoms with Gasteiger partial charge in [-0.1, -0.05) is 92.1 Å². The molecule has 0 saturated heterocycles. The first-order valence-corrected chi connectivity index (χ1v) is 14.0. The van der Waals surface area contributed by atoms with E-state index in [9.17, 15) is 9.59 Å². The van der Waals surface area contributed by atoms with E-state index >= 15 is 0 Å². The van der Waals surface area contributed by atoms with E-state index in [1.54, 1.807) is 0 Å². The molecular formula is C33H46O4. The van der Waals surface area contributed by atoms with Gasteiger partial charge in [0.2, 0.25) is 0 Å². The van der Waals surface area contributed by atoms with Crippen molar-refractivity contribution in [1.29, 1.82) is 0 Å². The maximum Gasteiger partial charge on any atom is 0.316 e. The molecule has 37 heavy (non-hydrogen) atoms. The number of ether oxygens (including phenoxy) is 2. The van der Waals surface area contributed by atoms with Crippen LogP contribution in [0.3, 0.4) is 0 Å². The Hall–Kier alpha value is -2.88. The smallest absolute Gasteiger partial charge is 0.316 e. The molecule has 4 heteroatoms. The van der Waals surface area contributed by atoms with Crippen molar-refractivity contribution in [2.75, 3.05) is 13.2 Å². The van der Waals surface area contributed by atoms with Crippen LogP contribution in [0.25, 0.3) is 0 Å². The fourth-order valence-electron chi connectivity index (χ4n) is 4.82. The lowest BCUT2D eigenvalue weighted by Gasteiger charge is -2.28. The standard InChI is InChI=1S/C33H46O4/c1-5-36-30(34)32(3,28-22-16-14-17-23-28)26-20-12-10-8-7-9-11-13-21-27-33(4,31(35)37-6-2)29-24-18-15-19-25-29/h7-8,14-19,22-25H,5-6,9-13,20-21,26-27H2,1-4H3/b8-7+. The van der Waals surface area contributed by atoms with E-state index in [1.807, 2.05) is 88.4 Å². The second kappa shape index (κ2) is 16.1. The van der Waals surface area contributed by atoms with E-state index < -0.39 is 10.8 Å². The van der Waals surface area contributed by atoms with Crippen molar-refractivity contribution in [2.24, 2.45) is 0 Å². The average molecular weight is 507 g/mol. The van der Waals surface area contributed by atoms with Gasteiger partial charge in [-0.15, -0.1) is 0 Å². The second-order valence-corrected chi connectivity index (χ2v) is 10.2. The molecule has 2 unspecified atom stereocenters. The Balaban J connectivity index is 1.71. The zero-order valence-electron chi connectivity index (χ0n) is 23.3. The lowest BCUT2D eigenvalue weighted by atomic mass is 9.78. The summed E-state index contributed by atoms with van der Waals surface area (Å²) >= 11 is 0. The van der Waals surface area contributed by atoms with Gasteiger partial charge >= 0.3 is 11.9 Å². The molecule has 0 saturated carbocycles. The molecule has 0 aliphatic heterocycles. The maximum atomic E-state index is 12.7. The maximum absolute atomic E-state index is 12.7. The summed E-state index contributed by atoms with van der Waals surface area (Å²) in [5.74, 6) is -0.268. The second-order valence-electron chi connectivity index (χ2n) is 10.2. The molecule has 4 nitrogen and oxygen atoms in total. The number of rotatable bonds is 17. The molecule has 0 fully saturated rings. The van der Waals surface area contributed by atoms with E-state index in [0.29, 0.717) is 13.2 Å². The number of hydrogen-bond donors (Lipinski definition) is 0. The molecule has 0 bridgehead atoms. The molecule has 202 valence electrons. The fourth-order valence-corrected chi connectivity index (χ4v) is 4.82. The highest BCUT2D eigenvalue weighted by molar-refractivity contribution is 5.83. The minimum atomic E-state index is -0.598. The topological polar surface area (TPSA) is 52.6 Å². The Labute approximate surface area is 224 Å². The summed E-state index contributed by atoms with van der Waals surface area (Å²) in [6.45, 7) is 8.53. The van der Waals surface area contributed by atoms with Gasteiger partial charge in [0.1, 0.15) is 0 Å². The predicted octanol–water partition coefficient (Wildman–Crippen LogP) is 8.10. The first-order valence-electron chi connectivity index (χ1n) is 14.0. The van der Waals surface area contributed by atoms with Gasteiger partial charge < -0.3 is 9.47 Å². The monoisotopic (exact) mass is 506 g/mol. The number of carbonyl (C=O) groups is 2. The molecule has 0 spiro atoms. The van der Waals surface area contributed by atoms with Crippen LogP contribution in [-0.4, -0.2) is 25.2 Å². The summed E-state index contributed by atoms with van der Waals surface area (Å²) in [6, 6.07) is 20.0. The summed E-state index contributed by atoms with van der Waals surface area (Å²) in [5, 5.41) is 0. The van der Waals surface area contributed by atoms with Crippen molar-refractivity contribution in [3.05, 3.63) is 83.9 Å². The molecule has 0 N–H and O–H groups in total. The van der Waals surface area contributed by atoms with Crippen molar-refractivity contribution in [3.63, 3.8) is 0 Å². The van der Waals surface area contributed by atoms with Crippen molar-refractivity contribution in [2.45, 2.75) is 96.3 Å². The minimum Gasteiger partial charge on any atom is -0.465 e. The van der Waals surface area contributed by atoms with Gasteiger partial charge in [-0.3, -0.25) is 9.59 Å². The summed E-state index contributed by atoms with van der Waals surface area (Å²) in [7, 11) is 0. The molecular weight excluding hydrogens is 460 g/mol. The third-order valence-electron chi connectivity index (χ3n) is 7.29. The van der Waals surface area contributed by atoms with E-state index in [2.05, 4.69) is 12.2 Å². The normalized spacial score (nSPS) is 14.6. The highest BCUT2D eigenvalue weighted by atomic mass is 16.5. The van der Waals surface area contributed by atoms with Crippen LogP contribution in [0.15, 0.2) is 72.8 Å². The van der Waals surface area contributed by atoms with Crippen LogP contribution >= 0.6 is 0 Å². The molecule has 0 amide bonds. The largest absolute Gasteiger partial charge is 0.465 e. The van der Waals surface area contributed by atoms with Crippen LogP contribution in [-0.2, 0) is 29.9 Å². The molecule has 0 heterocycles. The number of unbranched alkanes of at least 4 members (excludes halogenated alkanes) is 5. The average Bonchev–Trinajstić information content (AvgIpc) is 2.92. The van der Waals surface area contributed by atoms with Crippen LogP contribution in [0.2, 0.25) is 0 Å². The third-order valence-corrected chi connectivity index (χ3v) is 7.29. The lowest BCUT2D eigenvalue weighted by Crippen LogP contribution is -2.34. The van der Waals surface area contributed by atoms with Crippen LogP contribution in [0.4, 0.5) is 0 Å². The van der Waals surface area contributed by atoms with Gasteiger partial charge in [0.25, 0.3) is 0 Å². The number of hydrogen-bond acceptors (Lipinski definition) is 4. The highest BCUT2D eigenvalue weighted by Gasteiger charge is 2.36. The van der Waals surface area contributed by atoms with Gasteiger partial charge in [-0.05, 0) is 77.3 Å². The molecule has 2 rings (SSSR count). The van der Waals surface area contributed by atoms with Crippen LogP contribution in [0.5, 0.6) is 0 Å². The molecule has 2 aromatic carbocycles. The molecule has 0 aromatic heterocycles. The van der Waals surface area contributed by atoms with Crippen molar-refractivity contribution >= 4 is 11.9 Å². The first-order chi connectivity index (χ1) is 17.9. The summed E-state index contributed by atoms with van der Waals surface area (Å²) in [5.41, 5.74) is 0.860. The van der Waals surface area contributed by atoms with E-state index in [1.165, 1.54) is 0 Å². The van der Waals surface area contributed by atoms with Crippen molar-refractivity contribution in [1.82, 2.24) is 0 Å². The van der Waals surface area contributed by atoms with Crippen molar-refractivity contribution in [3.8, 4) is 0 Å². The number of allylic oxidation sites excluding steroid dienone is 2. The van der Waals surface area contributed by atoms with E-state index in [4.69, 9.17) is 9.47 Å². The zero-order valence-corrected chi connectivity index (χ0v) is 23.3. The Kier molecular flexibility index (Phi) is 13.2. The quantitative estimate of drug-likeness (QED) is 0.124. The molecule has 0 radical (unpaired) electrons. The fraction of sp³-hybridized carbons (Fsp3) is 0.515. The van der Waals surface area contributed by atoms with Crippen LogP contribution in [0.1, 0.15) is 96.6 Å². The van der Waals surface area contributed by atoms with Crippen LogP contribution < -0.4 is 0 Å². The van der Waals surface area contributed by atoms with E-state index in [-0.39, 0.29) is 11.9 Å². The Morgan fingerprint density at radius 3 is 1.41 bits per heavy atom. The first kappa shape index (κ1) is 30.3. The third kappa shape index (κ3) is 9.18. The van der Waals surface area contributed by atoms with Gasteiger partial charge in [0, 0.05) is 0 Å². The Morgan fingerprint density at radius 1 is 0.622 bits per heavy atom. The van der Waals surface area contributed by atoms with Gasteiger partial charge in [0.15, 0.2) is 0 Å². The van der Waals surface area contributed by atoms with Crippen molar-refractivity contribution < 1.29 is 19.1 Å². The van der Waals surface area contributed by atoms with Gasteiger partial charge in [-0.2, -0.15) is 0 Å². The summed E-state index contributed by atoms with van der Waals surface area (Å²) in [4.78, 5) is 25.4. The SMILES string of the molecule is CCOC(=O)C(C)(CCCC/C=C/CCCCCC(C)(C(=O)OCC)c1ccccc1)c1ccccc1. The summed E-state index contributed by atoms with van der Waals surface area (Å²) in [6.07, 6.45) is 13.4. The Bertz CT molecular complexity index is 953. The molecule has 0 aliphatic rings. The minimum absolute atomic E-state index is 0.132. The summed E-state index contributed by atoms with van der Waals surface area (Å²) < 4.78 is 10.8. The van der Waals surface area contributed by atoms with Crippen LogP contribution in [0, 0.1) is 0 Å². The predicted molar refractivity (Wildman–Crippen MR) is 152 cm³/mol. The number of benzene rings is 2. The van der Waals surface area contributed by atoms with Gasteiger partial charge in [0.05, 0.1) is 24.0 Å². The lowest BCUT2D eigenvalue weighted by molar-refractivity contribution is -0.150. The van der Waals surface area contributed by atoms with Gasteiger partial charge in [-0.25, -0.2) is 0 Å². The molecule has 0 aliphatic carbocycles. The van der Waals surface area contributed by atoms with E-state index in [0.717, 1.165) is 68.9 Å². The highest BCUT2D eigenvalue weighted by Crippen LogP contribution is 2.32. The number of esters is 2. The Morgan fingerprint density at radius 2 is 1.00 bits per heavy atom. The number of carbonyl (C=O) groups excluding carboxylic acids is 2. The molecule has 2 aromatic rings. The molecule has 2 atom stereocenters.